The van der Waals surface area contributed by atoms with Crippen LogP contribution < -0.4 is 10.6 Å². The topological polar surface area (TPSA) is 75.6 Å². The third kappa shape index (κ3) is 5.89. The van der Waals surface area contributed by atoms with Crippen LogP contribution in [-0.2, 0) is 15.9 Å². The van der Waals surface area contributed by atoms with Crippen LogP contribution in [0.2, 0.25) is 0 Å². The quantitative estimate of drug-likeness (QED) is 0.603. The molecule has 0 aromatic heterocycles. The molecule has 1 unspecified atom stereocenters. The number of rotatable bonds is 7. The van der Waals surface area contributed by atoms with E-state index in [0.29, 0.717) is 18.3 Å². The molecule has 1 amide bonds. The molecule has 2 aromatic rings. The van der Waals surface area contributed by atoms with Gasteiger partial charge in [-0.25, -0.2) is 4.79 Å². The molecule has 0 spiro atoms. The van der Waals surface area contributed by atoms with Gasteiger partial charge < -0.3 is 14.9 Å². The van der Waals surface area contributed by atoms with Crippen LogP contribution in [0.25, 0.3) is 0 Å². The van der Waals surface area contributed by atoms with E-state index in [2.05, 4.69) is 5.32 Å². The zero-order chi connectivity index (χ0) is 16.5. The summed E-state index contributed by atoms with van der Waals surface area (Å²) in [5.74, 6) is 0. The van der Waals surface area contributed by atoms with Crippen molar-refractivity contribution in [3.05, 3.63) is 66.2 Å². The number of alkyl carbamates (subject to hydrolysis) is 1. The Morgan fingerprint density at radius 2 is 1.65 bits per heavy atom. The van der Waals surface area contributed by atoms with E-state index in [1.165, 1.54) is 0 Å². The number of amides is 1. The molecule has 23 heavy (non-hydrogen) atoms. The Morgan fingerprint density at radius 1 is 1.04 bits per heavy atom. The lowest BCUT2D eigenvalue weighted by atomic mass is 10.2. The first-order valence-corrected chi connectivity index (χ1v) is 9.24. The summed E-state index contributed by atoms with van der Waals surface area (Å²) in [6.45, 7) is 0.500. The van der Waals surface area contributed by atoms with Crippen molar-refractivity contribution in [3.8, 4) is 0 Å². The van der Waals surface area contributed by atoms with Crippen molar-refractivity contribution in [1.29, 1.82) is 0 Å². The summed E-state index contributed by atoms with van der Waals surface area (Å²) in [5, 5.41) is 3.02. The van der Waals surface area contributed by atoms with Gasteiger partial charge in [-0.1, -0.05) is 48.5 Å². The maximum absolute atomic E-state index is 12.2. The van der Waals surface area contributed by atoms with Crippen molar-refractivity contribution < 1.29 is 19.0 Å². The molecule has 0 radical (unpaired) electrons. The minimum absolute atomic E-state index is 0.121. The van der Waals surface area contributed by atoms with Crippen molar-refractivity contribution in [2.45, 2.75) is 13.0 Å². The number of benzene rings is 2. The number of nitrogens with one attached hydrogen (secondary N) is 1. The van der Waals surface area contributed by atoms with E-state index >= 15 is 0 Å². The largest absolute Gasteiger partial charge is 0.445 e. The van der Waals surface area contributed by atoms with Gasteiger partial charge in [-0.05, 0) is 24.1 Å². The highest BCUT2D eigenvalue weighted by Gasteiger charge is 2.20. The van der Waals surface area contributed by atoms with Gasteiger partial charge in [0.15, 0.2) is 0 Å². The van der Waals surface area contributed by atoms with Crippen LogP contribution in [-0.4, -0.2) is 23.7 Å². The van der Waals surface area contributed by atoms with Crippen LogP contribution in [0.4, 0.5) is 4.79 Å². The SMILES string of the molecule is O=C(NCCCP(=O)(O)c1ccccc1)OCc1ccccc1. The van der Waals surface area contributed by atoms with Gasteiger partial charge in [-0.15, -0.1) is 0 Å². The molecule has 0 saturated carbocycles. The average Bonchev–Trinajstić information content (AvgIpc) is 2.59. The first kappa shape index (κ1) is 17.3. The number of hydrogen-bond acceptors (Lipinski definition) is 3. The van der Waals surface area contributed by atoms with Crippen molar-refractivity contribution >= 4 is 18.8 Å². The molecule has 5 nitrogen and oxygen atoms in total. The van der Waals surface area contributed by atoms with Crippen LogP contribution in [0.15, 0.2) is 60.7 Å². The van der Waals surface area contributed by atoms with E-state index in [1.54, 1.807) is 30.3 Å². The third-order valence-electron chi connectivity index (χ3n) is 3.28. The first-order chi connectivity index (χ1) is 11.1. The highest BCUT2D eigenvalue weighted by Crippen LogP contribution is 2.39. The molecule has 0 aliphatic rings. The van der Waals surface area contributed by atoms with Crippen LogP contribution in [0.5, 0.6) is 0 Å². The van der Waals surface area contributed by atoms with Gasteiger partial charge in [-0.2, -0.15) is 0 Å². The number of hydrogen-bond donors (Lipinski definition) is 2. The first-order valence-electron chi connectivity index (χ1n) is 7.40. The van der Waals surface area contributed by atoms with Crippen molar-refractivity contribution in [3.63, 3.8) is 0 Å². The van der Waals surface area contributed by atoms with Gasteiger partial charge in [0, 0.05) is 18.0 Å². The summed E-state index contributed by atoms with van der Waals surface area (Å²) >= 11 is 0. The molecule has 2 rings (SSSR count). The van der Waals surface area contributed by atoms with E-state index in [1.807, 2.05) is 30.3 Å². The van der Waals surface area contributed by atoms with Crippen molar-refractivity contribution in [2.75, 3.05) is 12.7 Å². The monoisotopic (exact) mass is 333 g/mol. The second-order valence-corrected chi connectivity index (χ2v) is 7.47. The molecule has 0 aliphatic carbocycles. The standard InChI is InChI=1S/C17H20NO4P/c19-17(22-14-15-8-3-1-4-9-15)18-12-7-13-23(20,21)16-10-5-2-6-11-16/h1-6,8-11H,7,12-14H2,(H,18,19)(H,20,21). The zero-order valence-corrected chi connectivity index (χ0v) is 13.6. The van der Waals surface area contributed by atoms with E-state index < -0.39 is 13.5 Å². The van der Waals surface area contributed by atoms with Gasteiger partial charge in [0.1, 0.15) is 6.61 Å². The molecule has 0 aliphatic heterocycles. The molecule has 6 heteroatoms. The fourth-order valence-corrected chi connectivity index (χ4v) is 3.53. The van der Waals surface area contributed by atoms with E-state index in [4.69, 9.17) is 4.74 Å². The normalized spacial score (nSPS) is 13.1. The molecule has 0 bridgehead atoms. The Kier molecular flexibility index (Phi) is 6.39. The smallest absolute Gasteiger partial charge is 0.407 e. The van der Waals surface area contributed by atoms with Crippen LogP contribution in [0, 0.1) is 0 Å². The van der Waals surface area contributed by atoms with Gasteiger partial charge in [-0.3, -0.25) is 4.57 Å². The highest BCUT2D eigenvalue weighted by molar-refractivity contribution is 7.66. The summed E-state index contributed by atoms with van der Waals surface area (Å²) in [7, 11) is -3.36. The van der Waals surface area contributed by atoms with Gasteiger partial charge in [0.25, 0.3) is 0 Å². The Balaban J connectivity index is 1.67. The Bertz CT molecular complexity index is 661. The predicted octanol–water partition coefficient (Wildman–Crippen LogP) is 2.90. The third-order valence-corrected chi connectivity index (χ3v) is 5.31. The fourth-order valence-electron chi connectivity index (χ4n) is 2.05. The molecule has 0 saturated heterocycles. The molecule has 1 atom stereocenters. The predicted molar refractivity (Wildman–Crippen MR) is 90.0 cm³/mol. The molecule has 2 aromatic carbocycles. The van der Waals surface area contributed by atoms with Crippen molar-refractivity contribution in [2.24, 2.45) is 0 Å². The zero-order valence-electron chi connectivity index (χ0n) is 12.7. The maximum atomic E-state index is 12.2. The summed E-state index contributed by atoms with van der Waals surface area (Å²) in [4.78, 5) is 21.6. The van der Waals surface area contributed by atoms with Crippen LogP contribution >= 0.6 is 7.37 Å². The lowest BCUT2D eigenvalue weighted by Crippen LogP contribution is -2.26. The Hall–Kier alpha value is -2.10. The lowest BCUT2D eigenvalue weighted by molar-refractivity contribution is 0.139. The molecule has 0 heterocycles. The van der Waals surface area contributed by atoms with Gasteiger partial charge in [0.2, 0.25) is 7.37 Å². The average molecular weight is 333 g/mol. The van der Waals surface area contributed by atoms with E-state index in [0.717, 1.165) is 5.56 Å². The Morgan fingerprint density at radius 3 is 2.30 bits per heavy atom. The lowest BCUT2D eigenvalue weighted by Gasteiger charge is -2.12. The Labute approximate surface area is 135 Å². The molecular formula is C17H20NO4P. The number of ether oxygens (including phenoxy) is 1. The molecule has 0 fully saturated rings. The van der Waals surface area contributed by atoms with Crippen LogP contribution in [0.3, 0.4) is 0 Å². The van der Waals surface area contributed by atoms with Gasteiger partial charge in [0.05, 0.1) is 0 Å². The summed E-state index contributed by atoms with van der Waals surface area (Å²) in [6, 6.07) is 17.9. The minimum atomic E-state index is -3.36. The van der Waals surface area contributed by atoms with Crippen molar-refractivity contribution in [1.82, 2.24) is 5.32 Å². The summed E-state index contributed by atoms with van der Waals surface area (Å²) < 4.78 is 17.2. The number of carbonyl (C=O) groups excluding carboxylic acids is 1. The van der Waals surface area contributed by atoms with Crippen LogP contribution in [0.1, 0.15) is 12.0 Å². The number of carbonyl (C=O) groups is 1. The second kappa shape index (κ2) is 8.51. The van der Waals surface area contributed by atoms with Gasteiger partial charge >= 0.3 is 6.09 Å². The molecule has 122 valence electrons. The molecule has 2 N–H and O–H groups in total. The van der Waals surface area contributed by atoms with E-state index in [9.17, 15) is 14.3 Å². The minimum Gasteiger partial charge on any atom is -0.445 e. The summed E-state index contributed by atoms with van der Waals surface area (Å²) in [6.07, 6.45) is 0.000332. The fraction of sp³-hybridized carbons (Fsp3) is 0.235. The summed E-state index contributed by atoms with van der Waals surface area (Å²) in [5.41, 5.74) is 0.909. The highest BCUT2D eigenvalue weighted by atomic mass is 31.2. The maximum Gasteiger partial charge on any atom is 0.407 e. The van der Waals surface area contributed by atoms with E-state index in [-0.39, 0.29) is 12.8 Å². The second-order valence-electron chi connectivity index (χ2n) is 5.10. The molecular weight excluding hydrogens is 313 g/mol.